The molecule has 0 amide bonds. The van der Waals surface area contributed by atoms with E-state index in [9.17, 15) is 0 Å². The Bertz CT molecular complexity index is 149. The summed E-state index contributed by atoms with van der Waals surface area (Å²) >= 11 is 0. The van der Waals surface area contributed by atoms with E-state index < -0.39 is 0 Å². The molecule has 2 rings (SSSR count). The first-order valence-corrected chi connectivity index (χ1v) is 4.23. The third-order valence-electron chi connectivity index (χ3n) is 2.51. The van der Waals surface area contributed by atoms with Crippen LogP contribution in [0.2, 0.25) is 0 Å². The minimum Gasteiger partial charge on any atom is -0.309 e. The third-order valence-corrected chi connectivity index (χ3v) is 2.51. The molecule has 1 heterocycles. The SMILES string of the molecule is [CH]1NCCC2CCCC=C12. The van der Waals surface area contributed by atoms with Gasteiger partial charge < -0.3 is 5.32 Å². The average Bonchev–Trinajstić information content (AvgIpc) is 2.05. The Kier molecular flexibility index (Phi) is 1.76. The van der Waals surface area contributed by atoms with Gasteiger partial charge in [0.05, 0.1) is 0 Å². The number of piperidine rings is 1. The molecule has 1 aliphatic carbocycles. The lowest BCUT2D eigenvalue weighted by atomic mass is 9.83. The third kappa shape index (κ3) is 1.10. The molecule has 0 aromatic heterocycles. The van der Waals surface area contributed by atoms with Crippen molar-refractivity contribution in [1.82, 2.24) is 5.32 Å². The van der Waals surface area contributed by atoms with Crippen LogP contribution in [0.15, 0.2) is 11.6 Å². The van der Waals surface area contributed by atoms with Gasteiger partial charge in [-0.1, -0.05) is 11.6 Å². The molecule has 1 aliphatic heterocycles. The van der Waals surface area contributed by atoms with E-state index in [0.717, 1.165) is 5.92 Å². The summed E-state index contributed by atoms with van der Waals surface area (Å²) in [5, 5.41) is 3.29. The molecule has 1 N–H and O–H groups in total. The van der Waals surface area contributed by atoms with Crippen LogP contribution in [0.4, 0.5) is 0 Å². The second-order valence-electron chi connectivity index (χ2n) is 3.22. The lowest BCUT2D eigenvalue weighted by Gasteiger charge is -2.28. The maximum Gasteiger partial charge on any atom is 0.0477 e. The summed E-state index contributed by atoms with van der Waals surface area (Å²) in [5.74, 6) is 0.898. The topological polar surface area (TPSA) is 12.0 Å². The normalized spacial score (nSPS) is 32.8. The highest BCUT2D eigenvalue weighted by Crippen LogP contribution is 2.30. The number of fused-ring (bicyclic) bond motifs is 1. The van der Waals surface area contributed by atoms with Gasteiger partial charge in [-0.3, -0.25) is 0 Å². The Balaban J connectivity index is 2.08. The Morgan fingerprint density at radius 3 is 3.30 bits per heavy atom. The van der Waals surface area contributed by atoms with Crippen molar-refractivity contribution >= 4 is 0 Å². The highest BCUT2D eigenvalue weighted by Gasteiger charge is 2.20. The van der Waals surface area contributed by atoms with Crippen LogP contribution in [0.25, 0.3) is 0 Å². The number of rotatable bonds is 0. The van der Waals surface area contributed by atoms with Crippen LogP contribution in [0.1, 0.15) is 25.7 Å². The molecule has 1 saturated heterocycles. The molecule has 0 saturated carbocycles. The molecule has 1 unspecified atom stereocenters. The molecule has 0 bridgehead atoms. The fourth-order valence-electron chi connectivity index (χ4n) is 1.90. The minimum absolute atomic E-state index is 0.898. The smallest absolute Gasteiger partial charge is 0.0477 e. The monoisotopic (exact) mass is 136 g/mol. The number of nitrogens with one attached hydrogen (secondary N) is 1. The summed E-state index contributed by atoms with van der Waals surface area (Å²) in [4.78, 5) is 0. The zero-order chi connectivity index (χ0) is 6.81. The van der Waals surface area contributed by atoms with E-state index in [1.54, 1.807) is 5.57 Å². The van der Waals surface area contributed by atoms with Crippen molar-refractivity contribution in [2.75, 3.05) is 6.54 Å². The molecular formula is C9H14N. The molecule has 2 aliphatic rings. The molecule has 0 aromatic carbocycles. The molecule has 0 spiro atoms. The molecule has 1 fully saturated rings. The summed E-state index contributed by atoms with van der Waals surface area (Å²) < 4.78 is 0. The van der Waals surface area contributed by atoms with Gasteiger partial charge >= 0.3 is 0 Å². The van der Waals surface area contributed by atoms with E-state index in [4.69, 9.17) is 0 Å². The molecule has 1 heteroatoms. The summed E-state index contributed by atoms with van der Waals surface area (Å²) in [6.45, 7) is 3.38. The number of allylic oxidation sites excluding steroid dienone is 1. The lowest BCUT2D eigenvalue weighted by molar-refractivity contribution is 0.437. The van der Waals surface area contributed by atoms with Crippen LogP contribution >= 0.6 is 0 Å². The molecule has 0 aromatic rings. The largest absolute Gasteiger partial charge is 0.309 e. The fraction of sp³-hybridized carbons (Fsp3) is 0.667. The molecule has 1 nitrogen and oxygen atoms in total. The van der Waals surface area contributed by atoms with Crippen molar-refractivity contribution in [3.63, 3.8) is 0 Å². The second-order valence-corrected chi connectivity index (χ2v) is 3.22. The Morgan fingerprint density at radius 2 is 2.40 bits per heavy atom. The predicted octanol–water partition coefficient (Wildman–Crippen LogP) is 1.87. The van der Waals surface area contributed by atoms with Crippen LogP contribution < -0.4 is 5.32 Å². The molecule has 1 radical (unpaired) electrons. The number of hydrogen-bond donors (Lipinski definition) is 1. The van der Waals surface area contributed by atoms with Crippen LogP contribution in [0.3, 0.4) is 0 Å². The lowest BCUT2D eigenvalue weighted by Crippen LogP contribution is -2.27. The average molecular weight is 136 g/mol. The van der Waals surface area contributed by atoms with Gasteiger partial charge in [0, 0.05) is 6.54 Å². The summed E-state index contributed by atoms with van der Waals surface area (Å²) in [6.07, 6.45) is 7.86. The van der Waals surface area contributed by atoms with E-state index in [1.165, 1.54) is 32.2 Å². The molecule has 55 valence electrons. The van der Waals surface area contributed by atoms with Crippen LogP contribution in [-0.4, -0.2) is 6.54 Å². The van der Waals surface area contributed by atoms with E-state index in [0.29, 0.717) is 0 Å². The molecule has 10 heavy (non-hydrogen) atoms. The van der Waals surface area contributed by atoms with Gasteiger partial charge in [0.15, 0.2) is 0 Å². The summed E-state index contributed by atoms with van der Waals surface area (Å²) in [5.41, 5.74) is 1.57. The van der Waals surface area contributed by atoms with Crippen molar-refractivity contribution in [3.8, 4) is 0 Å². The van der Waals surface area contributed by atoms with Gasteiger partial charge in [-0.15, -0.1) is 0 Å². The molecule has 1 atom stereocenters. The van der Waals surface area contributed by atoms with Crippen molar-refractivity contribution in [2.45, 2.75) is 25.7 Å². The van der Waals surface area contributed by atoms with Crippen molar-refractivity contribution in [2.24, 2.45) is 5.92 Å². The van der Waals surface area contributed by atoms with Crippen molar-refractivity contribution in [1.29, 1.82) is 0 Å². The van der Waals surface area contributed by atoms with Gasteiger partial charge in [-0.25, -0.2) is 0 Å². The summed E-state index contributed by atoms with van der Waals surface area (Å²) in [6, 6.07) is 0. The first kappa shape index (κ1) is 6.41. The van der Waals surface area contributed by atoms with E-state index in [2.05, 4.69) is 17.9 Å². The summed E-state index contributed by atoms with van der Waals surface area (Å²) in [7, 11) is 0. The Labute approximate surface area is 62.5 Å². The fourth-order valence-corrected chi connectivity index (χ4v) is 1.90. The first-order valence-electron chi connectivity index (χ1n) is 4.23. The zero-order valence-electron chi connectivity index (χ0n) is 6.27. The highest BCUT2D eigenvalue weighted by atomic mass is 14.9. The Morgan fingerprint density at radius 1 is 1.40 bits per heavy atom. The van der Waals surface area contributed by atoms with Crippen LogP contribution in [0.5, 0.6) is 0 Å². The van der Waals surface area contributed by atoms with Crippen molar-refractivity contribution in [3.05, 3.63) is 18.2 Å². The van der Waals surface area contributed by atoms with Gasteiger partial charge in [0.2, 0.25) is 0 Å². The van der Waals surface area contributed by atoms with E-state index >= 15 is 0 Å². The van der Waals surface area contributed by atoms with Gasteiger partial charge in [-0.2, -0.15) is 0 Å². The standard InChI is InChI=1S/C9H14N/c1-2-4-9-7-10-6-5-8(9)3-1/h4,7-8,10H,1-3,5-6H2. The second kappa shape index (κ2) is 2.75. The maximum absolute atomic E-state index is 3.29. The van der Waals surface area contributed by atoms with E-state index in [-0.39, 0.29) is 0 Å². The number of hydrogen-bond acceptors (Lipinski definition) is 1. The highest BCUT2D eigenvalue weighted by molar-refractivity contribution is 5.20. The van der Waals surface area contributed by atoms with Crippen LogP contribution in [-0.2, 0) is 0 Å². The predicted molar refractivity (Wildman–Crippen MR) is 42.3 cm³/mol. The molecular weight excluding hydrogens is 122 g/mol. The zero-order valence-corrected chi connectivity index (χ0v) is 6.27. The quantitative estimate of drug-likeness (QED) is 0.536. The van der Waals surface area contributed by atoms with Gasteiger partial charge in [0.1, 0.15) is 0 Å². The Hall–Kier alpha value is -0.300. The minimum atomic E-state index is 0.898. The van der Waals surface area contributed by atoms with Crippen LogP contribution in [0, 0.1) is 12.5 Å². The van der Waals surface area contributed by atoms with E-state index in [1.807, 2.05) is 0 Å². The first-order chi connectivity index (χ1) is 4.97. The van der Waals surface area contributed by atoms with Gasteiger partial charge in [-0.05, 0) is 38.1 Å². The maximum atomic E-state index is 3.29. The van der Waals surface area contributed by atoms with Gasteiger partial charge in [0.25, 0.3) is 0 Å². The van der Waals surface area contributed by atoms with Crippen molar-refractivity contribution < 1.29 is 0 Å².